The summed E-state index contributed by atoms with van der Waals surface area (Å²) in [6.07, 6.45) is 1.34. The molecule has 2 heterocycles. The van der Waals surface area contributed by atoms with Crippen LogP contribution in [0.4, 0.5) is 4.39 Å². The van der Waals surface area contributed by atoms with Gasteiger partial charge in [-0.1, -0.05) is 0 Å². The number of carboxylic acids is 1. The van der Waals surface area contributed by atoms with E-state index in [4.69, 9.17) is 5.11 Å². The number of rotatable bonds is 4. The number of carboxylic acid groups (broad SMARTS) is 1. The summed E-state index contributed by atoms with van der Waals surface area (Å²) in [5.41, 5.74) is 0.781. The van der Waals surface area contributed by atoms with Crippen molar-refractivity contribution < 1.29 is 14.3 Å². The second-order valence-corrected chi connectivity index (χ2v) is 5.79. The number of hydrogen-bond acceptors (Lipinski definition) is 4. The van der Waals surface area contributed by atoms with Crippen LogP contribution in [0, 0.1) is 5.82 Å². The number of nitrogens with zero attached hydrogens (tertiary/aromatic N) is 2. The Kier molecular flexibility index (Phi) is 4.76. The van der Waals surface area contributed by atoms with Gasteiger partial charge in [0.2, 0.25) is 0 Å². The molecule has 0 amide bonds. The molecule has 1 fully saturated rings. The van der Waals surface area contributed by atoms with E-state index >= 15 is 0 Å². The average Bonchev–Trinajstić information content (AvgIpc) is 2.39. The Hall–Kier alpha value is -1.14. The van der Waals surface area contributed by atoms with Crippen LogP contribution in [-0.4, -0.2) is 45.1 Å². The van der Waals surface area contributed by atoms with Gasteiger partial charge < -0.3 is 5.11 Å². The quantitative estimate of drug-likeness (QED) is 0.918. The monoisotopic (exact) mass is 284 g/mol. The van der Waals surface area contributed by atoms with Gasteiger partial charge in [-0.2, -0.15) is 11.8 Å². The Morgan fingerprint density at radius 1 is 1.68 bits per heavy atom. The Morgan fingerprint density at radius 2 is 2.47 bits per heavy atom. The van der Waals surface area contributed by atoms with Crippen molar-refractivity contribution in [3.8, 4) is 0 Å². The fourth-order valence-electron chi connectivity index (χ4n) is 2.36. The zero-order valence-electron chi connectivity index (χ0n) is 10.8. The maximum atomic E-state index is 12.9. The highest BCUT2D eigenvalue weighted by Crippen LogP contribution is 2.28. The first kappa shape index (κ1) is 14.3. The van der Waals surface area contributed by atoms with Gasteiger partial charge >= 0.3 is 5.97 Å². The van der Waals surface area contributed by atoms with Crippen molar-refractivity contribution in [3.63, 3.8) is 0 Å². The fourth-order valence-corrected chi connectivity index (χ4v) is 3.45. The smallest absolute Gasteiger partial charge is 0.304 e. The van der Waals surface area contributed by atoms with E-state index in [1.54, 1.807) is 17.8 Å². The lowest BCUT2D eigenvalue weighted by Gasteiger charge is -2.38. The third-order valence-electron chi connectivity index (χ3n) is 3.36. The summed E-state index contributed by atoms with van der Waals surface area (Å²) in [5, 5.41) is 8.97. The fraction of sp³-hybridized carbons (Fsp3) is 0.538. The molecule has 19 heavy (non-hydrogen) atoms. The summed E-state index contributed by atoms with van der Waals surface area (Å²) in [6.45, 7) is 2.83. The first-order chi connectivity index (χ1) is 9.08. The number of pyridine rings is 1. The molecule has 0 spiro atoms. The molecule has 0 aromatic carbocycles. The largest absolute Gasteiger partial charge is 0.481 e. The number of halogens is 1. The van der Waals surface area contributed by atoms with Crippen LogP contribution in [0.1, 0.15) is 25.1 Å². The molecular weight excluding hydrogens is 267 g/mol. The predicted octanol–water partition coefficient (Wildman–Crippen LogP) is 2.17. The maximum Gasteiger partial charge on any atom is 0.304 e. The minimum atomic E-state index is -0.781. The highest BCUT2D eigenvalue weighted by molar-refractivity contribution is 7.99. The van der Waals surface area contributed by atoms with E-state index in [0.29, 0.717) is 0 Å². The lowest BCUT2D eigenvalue weighted by atomic mass is 10.1. The van der Waals surface area contributed by atoms with Gasteiger partial charge in [-0.3, -0.25) is 14.7 Å². The zero-order chi connectivity index (χ0) is 13.8. The Labute approximate surface area is 116 Å². The standard InChI is InChI=1S/C13H17FN2O2S/c1-9(12-3-2-10(14)7-15-12)16-4-5-19-8-11(16)6-13(17)18/h2-3,7,9,11H,4-6,8H2,1H3,(H,17,18). The topological polar surface area (TPSA) is 53.4 Å². The van der Waals surface area contributed by atoms with Crippen molar-refractivity contribution in [1.82, 2.24) is 9.88 Å². The SMILES string of the molecule is CC(c1ccc(F)cn1)N1CCSCC1CC(=O)O. The Balaban J connectivity index is 2.12. The number of thioether (sulfide) groups is 1. The van der Waals surface area contributed by atoms with Crippen LogP contribution in [-0.2, 0) is 4.79 Å². The summed E-state index contributed by atoms with van der Waals surface area (Å²) in [6, 6.07) is 3.08. The highest BCUT2D eigenvalue weighted by atomic mass is 32.2. The van der Waals surface area contributed by atoms with Gasteiger partial charge in [-0.05, 0) is 19.1 Å². The molecule has 1 aromatic heterocycles. The van der Waals surface area contributed by atoms with E-state index < -0.39 is 5.97 Å². The lowest BCUT2D eigenvalue weighted by molar-refractivity contribution is -0.138. The second kappa shape index (κ2) is 6.34. The highest BCUT2D eigenvalue weighted by Gasteiger charge is 2.29. The molecule has 1 aliphatic heterocycles. The van der Waals surface area contributed by atoms with E-state index in [-0.39, 0.29) is 24.3 Å². The second-order valence-electron chi connectivity index (χ2n) is 4.64. The van der Waals surface area contributed by atoms with Gasteiger partial charge in [0.15, 0.2) is 0 Å². The van der Waals surface area contributed by atoms with Crippen molar-refractivity contribution in [2.24, 2.45) is 0 Å². The minimum absolute atomic E-state index is 0.00542. The van der Waals surface area contributed by atoms with Gasteiger partial charge in [-0.15, -0.1) is 0 Å². The van der Waals surface area contributed by atoms with Crippen molar-refractivity contribution in [2.75, 3.05) is 18.1 Å². The van der Waals surface area contributed by atoms with Gasteiger partial charge in [0.1, 0.15) is 5.82 Å². The van der Waals surface area contributed by atoms with Gasteiger partial charge in [0.25, 0.3) is 0 Å². The summed E-state index contributed by atoms with van der Waals surface area (Å²) in [7, 11) is 0. The molecule has 1 aromatic rings. The molecule has 4 nitrogen and oxygen atoms in total. The van der Waals surface area contributed by atoms with Crippen LogP contribution in [0.25, 0.3) is 0 Å². The first-order valence-electron chi connectivity index (χ1n) is 6.24. The van der Waals surface area contributed by atoms with E-state index in [9.17, 15) is 9.18 Å². The molecule has 0 saturated carbocycles. The summed E-state index contributed by atoms with van der Waals surface area (Å²) in [4.78, 5) is 17.2. The maximum absolute atomic E-state index is 12.9. The summed E-state index contributed by atoms with van der Waals surface area (Å²) in [5.74, 6) is 0.670. The molecule has 104 valence electrons. The number of aliphatic carboxylic acids is 1. The van der Waals surface area contributed by atoms with Crippen molar-refractivity contribution >= 4 is 17.7 Å². The average molecular weight is 284 g/mol. The van der Waals surface area contributed by atoms with Gasteiger partial charge in [-0.25, -0.2) is 4.39 Å². The van der Waals surface area contributed by atoms with Crippen molar-refractivity contribution in [1.29, 1.82) is 0 Å². The molecule has 1 aliphatic rings. The molecule has 0 aliphatic carbocycles. The molecule has 0 bridgehead atoms. The molecule has 1 saturated heterocycles. The third kappa shape index (κ3) is 3.67. The van der Waals surface area contributed by atoms with E-state index in [1.165, 1.54) is 12.3 Å². The van der Waals surface area contributed by atoms with Crippen LogP contribution in [0.3, 0.4) is 0 Å². The van der Waals surface area contributed by atoms with E-state index in [2.05, 4.69) is 9.88 Å². The Morgan fingerprint density at radius 3 is 3.11 bits per heavy atom. The minimum Gasteiger partial charge on any atom is -0.481 e. The normalized spacial score (nSPS) is 22.1. The molecule has 2 unspecified atom stereocenters. The van der Waals surface area contributed by atoms with Gasteiger partial charge in [0, 0.05) is 30.1 Å². The summed E-state index contributed by atoms with van der Waals surface area (Å²) >= 11 is 1.78. The molecule has 2 atom stereocenters. The molecular formula is C13H17FN2O2S. The number of carbonyl (C=O) groups is 1. The molecule has 0 radical (unpaired) electrons. The van der Waals surface area contributed by atoms with Crippen LogP contribution >= 0.6 is 11.8 Å². The van der Waals surface area contributed by atoms with Crippen molar-refractivity contribution in [2.45, 2.75) is 25.4 Å². The predicted molar refractivity (Wildman–Crippen MR) is 72.7 cm³/mol. The third-order valence-corrected chi connectivity index (χ3v) is 4.45. The van der Waals surface area contributed by atoms with E-state index in [1.807, 2.05) is 6.92 Å². The molecule has 2 rings (SSSR count). The lowest BCUT2D eigenvalue weighted by Crippen LogP contribution is -2.45. The number of hydrogen-bond donors (Lipinski definition) is 1. The first-order valence-corrected chi connectivity index (χ1v) is 7.40. The van der Waals surface area contributed by atoms with Crippen LogP contribution in [0.15, 0.2) is 18.3 Å². The van der Waals surface area contributed by atoms with Gasteiger partial charge in [0.05, 0.1) is 18.3 Å². The zero-order valence-corrected chi connectivity index (χ0v) is 11.6. The number of aromatic nitrogens is 1. The van der Waals surface area contributed by atoms with Crippen LogP contribution in [0.5, 0.6) is 0 Å². The van der Waals surface area contributed by atoms with Crippen LogP contribution < -0.4 is 0 Å². The van der Waals surface area contributed by atoms with Crippen molar-refractivity contribution in [3.05, 3.63) is 29.8 Å². The molecule has 1 N–H and O–H groups in total. The van der Waals surface area contributed by atoms with Crippen LogP contribution in [0.2, 0.25) is 0 Å². The molecule has 6 heteroatoms. The van der Waals surface area contributed by atoms with E-state index in [0.717, 1.165) is 23.7 Å². The Bertz CT molecular complexity index is 441. The summed E-state index contributed by atoms with van der Waals surface area (Å²) < 4.78 is 12.9.